The third kappa shape index (κ3) is 4.85. The summed E-state index contributed by atoms with van der Waals surface area (Å²) in [6.45, 7) is 3.92. The van der Waals surface area contributed by atoms with Crippen LogP contribution in [0.1, 0.15) is 11.4 Å². The lowest BCUT2D eigenvalue weighted by molar-refractivity contribution is 0.285. The fourth-order valence-electron chi connectivity index (χ4n) is 3.72. The smallest absolute Gasteiger partial charge is 0.262 e. The van der Waals surface area contributed by atoms with Gasteiger partial charge in [0, 0.05) is 43.5 Å². The molecule has 3 aromatic rings. The quantitative estimate of drug-likeness (QED) is 0.544. The van der Waals surface area contributed by atoms with Crippen LogP contribution in [0.4, 0.5) is 23.2 Å². The van der Waals surface area contributed by atoms with Gasteiger partial charge in [0.05, 0.1) is 6.07 Å². The second-order valence-corrected chi connectivity index (χ2v) is 7.89. The van der Waals surface area contributed by atoms with Crippen molar-refractivity contribution in [1.82, 2.24) is 14.5 Å². The minimum atomic E-state index is -0.891. The number of hydrogen-bond donors (Lipinski definition) is 0. The van der Waals surface area contributed by atoms with Gasteiger partial charge >= 0.3 is 0 Å². The first-order valence-corrected chi connectivity index (χ1v) is 10.3. The van der Waals surface area contributed by atoms with Gasteiger partial charge in [-0.1, -0.05) is 0 Å². The van der Waals surface area contributed by atoms with Gasteiger partial charge in [-0.3, -0.25) is 9.36 Å². The van der Waals surface area contributed by atoms with Gasteiger partial charge in [-0.05, 0) is 38.2 Å². The van der Waals surface area contributed by atoms with Gasteiger partial charge in [-0.2, -0.15) is 4.98 Å². The molecule has 0 radical (unpaired) electrons. The zero-order valence-electron chi connectivity index (χ0n) is 18.1. The normalized spacial score (nSPS) is 14.5. The molecule has 4 rings (SSSR count). The number of benzene rings is 2. The van der Waals surface area contributed by atoms with E-state index in [2.05, 4.69) is 9.88 Å². The largest absolute Gasteiger partial charge is 0.472 e. The van der Waals surface area contributed by atoms with Gasteiger partial charge in [-0.15, -0.1) is 0 Å². The lowest BCUT2D eigenvalue weighted by atomic mass is 10.2. The van der Waals surface area contributed by atoms with E-state index < -0.39 is 34.5 Å². The van der Waals surface area contributed by atoms with Crippen LogP contribution in [0.2, 0.25) is 0 Å². The Morgan fingerprint density at radius 3 is 2.21 bits per heavy atom. The van der Waals surface area contributed by atoms with Crippen molar-refractivity contribution in [2.45, 2.75) is 13.5 Å². The molecule has 33 heavy (non-hydrogen) atoms. The Labute approximate surface area is 187 Å². The maximum absolute atomic E-state index is 15.0. The van der Waals surface area contributed by atoms with Crippen LogP contribution in [0.15, 0.2) is 41.2 Å². The van der Waals surface area contributed by atoms with Crippen LogP contribution < -0.4 is 15.2 Å². The first kappa shape index (κ1) is 22.8. The summed E-state index contributed by atoms with van der Waals surface area (Å²) in [4.78, 5) is 20.8. The zero-order valence-corrected chi connectivity index (χ0v) is 18.1. The van der Waals surface area contributed by atoms with Gasteiger partial charge in [-0.25, -0.2) is 17.6 Å². The molecule has 0 bridgehead atoms. The number of aromatic nitrogens is 2. The molecule has 0 atom stereocenters. The fraction of sp³-hybridized carbons (Fsp3) is 0.304. The molecule has 2 aromatic carbocycles. The van der Waals surface area contributed by atoms with Crippen molar-refractivity contribution >= 4 is 5.69 Å². The van der Waals surface area contributed by atoms with Crippen LogP contribution in [0.3, 0.4) is 0 Å². The van der Waals surface area contributed by atoms with Crippen LogP contribution in [0.25, 0.3) is 5.69 Å². The predicted octanol–water partition coefficient (Wildman–Crippen LogP) is 3.43. The molecule has 0 aliphatic carbocycles. The molecule has 10 heteroatoms. The number of piperazine rings is 1. The molecular weight excluding hydrogens is 440 g/mol. The van der Waals surface area contributed by atoms with Crippen molar-refractivity contribution in [3.05, 3.63) is 81.4 Å². The number of halogens is 4. The second-order valence-electron chi connectivity index (χ2n) is 7.89. The summed E-state index contributed by atoms with van der Waals surface area (Å²) in [7, 11) is 1.98. The fourth-order valence-corrected chi connectivity index (χ4v) is 3.72. The van der Waals surface area contributed by atoms with E-state index in [4.69, 9.17) is 4.74 Å². The molecule has 2 heterocycles. The zero-order chi connectivity index (χ0) is 23.7. The van der Waals surface area contributed by atoms with E-state index in [1.165, 1.54) is 25.1 Å². The number of ether oxygens (including phenoxy) is 1. The molecule has 0 saturated carbocycles. The van der Waals surface area contributed by atoms with Crippen LogP contribution in [0.5, 0.6) is 5.88 Å². The molecule has 1 aromatic heterocycles. The highest BCUT2D eigenvalue weighted by molar-refractivity contribution is 5.53. The van der Waals surface area contributed by atoms with E-state index in [9.17, 15) is 22.4 Å². The van der Waals surface area contributed by atoms with Crippen molar-refractivity contribution < 1.29 is 22.3 Å². The number of aryl methyl sites for hydroxylation is 1. The summed E-state index contributed by atoms with van der Waals surface area (Å²) in [5, 5.41) is 0. The van der Waals surface area contributed by atoms with Gasteiger partial charge < -0.3 is 14.5 Å². The highest BCUT2D eigenvalue weighted by Gasteiger charge is 2.21. The van der Waals surface area contributed by atoms with Crippen molar-refractivity contribution in [3.63, 3.8) is 0 Å². The van der Waals surface area contributed by atoms with Crippen molar-refractivity contribution in [2.24, 2.45) is 0 Å². The summed E-state index contributed by atoms with van der Waals surface area (Å²) >= 11 is 0. The molecule has 0 N–H and O–H groups in total. The summed E-state index contributed by atoms with van der Waals surface area (Å²) in [5.41, 5.74) is -0.820. The van der Waals surface area contributed by atoms with Crippen molar-refractivity contribution in [3.8, 4) is 11.6 Å². The number of likely N-dealkylation sites (N-methyl/N-ethyl adjacent to an activating group) is 1. The van der Waals surface area contributed by atoms with Crippen molar-refractivity contribution in [2.75, 3.05) is 38.1 Å². The molecule has 1 saturated heterocycles. The molecule has 174 valence electrons. The summed E-state index contributed by atoms with van der Waals surface area (Å²) in [6, 6.07) is 6.38. The Morgan fingerprint density at radius 2 is 1.61 bits per heavy atom. The number of anilines is 1. The highest BCUT2D eigenvalue weighted by Crippen LogP contribution is 2.26. The second kappa shape index (κ2) is 9.22. The first-order chi connectivity index (χ1) is 15.7. The highest BCUT2D eigenvalue weighted by atomic mass is 19.1. The Morgan fingerprint density at radius 1 is 0.939 bits per heavy atom. The third-order valence-corrected chi connectivity index (χ3v) is 5.55. The molecule has 0 unspecified atom stereocenters. The van der Waals surface area contributed by atoms with Crippen LogP contribution in [-0.4, -0.2) is 47.7 Å². The lowest BCUT2D eigenvalue weighted by Crippen LogP contribution is -2.44. The van der Waals surface area contributed by atoms with Gasteiger partial charge in [0.15, 0.2) is 11.6 Å². The van der Waals surface area contributed by atoms with Gasteiger partial charge in [0.25, 0.3) is 5.56 Å². The Kier molecular flexibility index (Phi) is 6.37. The molecular formula is C23H22F4N4O2. The van der Waals surface area contributed by atoms with Crippen LogP contribution >= 0.6 is 0 Å². The SMILES string of the molecule is Cc1nc(OCc2ccc(F)cc2F)cc(=O)n1-c1c(F)cc(N2CCN(C)CC2)cc1F. The van der Waals surface area contributed by atoms with Gasteiger partial charge in [0.2, 0.25) is 5.88 Å². The van der Waals surface area contributed by atoms with E-state index in [0.717, 1.165) is 29.8 Å². The summed E-state index contributed by atoms with van der Waals surface area (Å²) in [6.07, 6.45) is 0. The summed E-state index contributed by atoms with van der Waals surface area (Å²) in [5.74, 6) is -3.47. The number of nitrogens with zero attached hydrogens (tertiary/aromatic N) is 4. The Hall–Kier alpha value is -3.40. The van der Waals surface area contributed by atoms with E-state index >= 15 is 0 Å². The molecule has 1 fully saturated rings. The minimum Gasteiger partial charge on any atom is -0.472 e. The van der Waals surface area contributed by atoms with E-state index in [1.54, 1.807) is 0 Å². The summed E-state index contributed by atoms with van der Waals surface area (Å²) < 4.78 is 62.9. The molecule has 0 spiro atoms. The van der Waals surface area contributed by atoms with Crippen LogP contribution in [0, 0.1) is 30.2 Å². The lowest BCUT2D eigenvalue weighted by Gasteiger charge is -2.34. The third-order valence-electron chi connectivity index (χ3n) is 5.55. The average Bonchev–Trinajstić information content (AvgIpc) is 2.75. The van der Waals surface area contributed by atoms with E-state index in [1.807, 2.05) is 11.9 Å². The maximum Gasteiger partial charge on any atom is 0.262 e. The van der Waals surface area contributed by atoms with Crippen LogP contribution in [-0.2, 0) is 6.61 Å². The number of hydrogen-bond acceptors (Lipinski definition) is 5. The minimum absolute atomic E-state index is 0.0118. The first-order valence-electron chi connectivity index (χ1n) is 10.3. The molecule has 6 nitrogen and oxygen atoms in total. The molecule has 1 aliphatic heterocycles. The number of rotatable bonds is 5. The van der Waals surface area contributed by atoms with Gasteiger partial charge in [0.1, 0.15) is 29.8 Å². The van der Waals surface area contributed by atoms with E-state index in [-0.39, 0.29) is 23.9 Å². The molecule has 1 aliphatic rings. The Balaban J connectivity index is 1.59. The maximum atomic E-state index is 15.0. The average molecular weight is 462 g/mol. The van der Waals surface area contributed by atoms with E-state index in [0.29, 0.717) is 24.8 Å². The topological polar surface area (TPSA) is 50.6 Å². The standard InChI is InChI=1S/C23H22F4N4O2/c1-14-28-21(33-13-15-3-4-16(24)9-18(15)25)12-22(32)31(14)23-19(26)10-17(11-20(23)27)30-7-5-29(2)6-8-30/h3-4,9-12H,5-8,13H2,1-2H3. The van der Waals surface area contributed by atoms with Crippen molar-refractivity contribution in [1.29, 1.82) is 0 Å². The Bertz CT molecular complexity index is 1220. The monoisotopic (exact) mass is 462 g/mol. The predicted molar refractivity (Wildman–Crippen MR) is 115 cm³/mol. The molecule has 0 amide bonds.